The van der Waals surface area contributed by atoms with Crippen LogP contribution in [0.3, 0.4) is 0 Å². The molecule has 4 heterocycles. The van der Waals surface area contributed by atoms with Crippen LogP contribution in [0, 0.1) is 0 Å². The maximum atomic E-state index is 12.7. The second kappa shape index (κ2) is 5.84. The highest BCUT2D eigenvalue weighted by Crippen LogP contribution is 2.42. The molecule has 2 aliphatic heterocycles. The molecule has 2 N–H and O–H groups in total. The summed E-state index contributed by atoms with van der Waals surface area (Å²) in [7, 11) is 0. The first-order chi connectivity index (χ1) is 13.1. The third-order valence-corrected chi connectivity index (χ3v) is 5.46. The number of aromatic amines is 1. The Labute approximate surface area is 154 Å². The number of rotatable bonds is 2. The lowest BCUT2D eigenvalue weighted by Crippen LogP contribution is -2.44. The number of anilines is 3. The highest BCUT2D eigenvalue weighted by molar-refractivity contribution is 5.94. The Morgan fingerprint density at radius 3 is 2.85 bits per heavy atom. The van der Waals surface area contributed by atoms with Crippen molar-refractivity contribution in [1.29, 1.82) is 0 Å². The molecule has 0 aliphatic carbocycles. The molecule has 27 heavy (non-hydrogen) atoms. The maximum absolute atomic E-state index is 12.7. The minimum Gasteiger partial charge on any atom is -0.477 e. The van der Waals surface area contributed by atoms with E-state index in [2.05, 4.69) is 14.8 Å². The van der Waals surface area contributed by atoms with Crippen LogP contribution >= 0.6 is 0 Å². The van der Waals surface area contributed by atoms with Crippen LogP contribution in [0.2, 0.25) is 0 Å². The number of carboxylic acids is 1. The second-order valence-electron chi connectivity index (χ2n) is 7.00. The zero-order chi connectivity index (χ0) is 18.5. The fourth-order valence-electron chi connectivity index (χ4n) is 4.16. The van der Waals surface area contributed by atoms with Crippen LogP contribution in [0.1, 0.15) is 23.2 Å². The van der Waals surface area contributed by atoms with Crippen molar-refractivity contribution in [3.05, 3.63) is 58.4 Å². The number of aromatic carboxylic acids is 1. The standard InChI is InChI=1S/C20H18N4O3/c25-17-14-9-16-19(22-18(14)21-10-15(17)20(26)27)23-8-4-7-13(23)11-24(16)12-5-2-1-3-6-12/h1-3,5-6,9-10,13H,4,7-8,11H2,(H,26,27)(H,21,22,25)/t13-/m0/s1. The number of nitrogens with one attached hydrogen (secondary N) is 1. The summed E-state index contributed by atoms with van der Waals surface area (Å²) >= 11 is 0. The van der Waals surface area contributed by atoms with Gasteiger partial charge in [-0.25, -0.2) is 9.78 Å². The number of carbonyl (C=O) groups is 1. The molecule has 0 spiro atoms. The van der Waals surface area contributed by atoms with Gasteiger partial charge in [-0.15, -0.1) is 0 Å². The molecule has 7 heteroatoms. The van der Waals surface area contributed by atoms with Crippen molar-refractivity contribution >= 4 is 34.2 Å². The van der Waals surface area contributed by atoms with Gasteiger partial charge in [0.2, 0.25) is 5.43 Å². The van der Waals surface area contributed by atoms with Crippen molar-refractivity contribution in [1.82, 2.24) is 9.97 Å². The van der Waals surface area contributed by atoms with Crippen molar-refractivity contribution in [2.75, 3.05) is 22.9 Å². The van der Waals surface area contributed by atoms with Gasteiger partial charge in [-0.2, -0.15) is 0 Å². The molecule has 0 saturated carbocycles. The van der Waals surface area contributed by atoms with E-state index < -0.39 is 11.4 Å². The lowest BCUT2D eigenvalue weighted by Gasteiger charge is -2.40. The van der Waals surface area contributed by atoms with Gasteiger partial charge in [0.05, 0.1) is 11.1 Å². The highest BCUT2D eigenvalue weighted by atomic mass is 16.4. The lowest BCUT2D eigenvalue weighted by atomic mass is 10.1. The third-order valence-electron chi connectivity index (χ3n) is 5.46. The van der Waals surface area contributed by atoms with E-state index in [4.69, 9.17) is 4.98 Å². The molecule has 0 radical (unpaired) electrons. The van der Waals surface area contributed by atoms with Gasteiger partial charge in [0.15, 0.2) is 5.82 Å². The van der Waals surface area contributed by atoms with Crippen molar-refractivity contribution < 1.29 is 9.90 Å². The van der Waals surface area contributed by atoms with Crippen LogP contribution in [-0.2, 0) is 0 Å². The van der Waals surface area contributed by atoms with E-state index in [-0.39, 0.29) is 5.56 Å². The van der Waals surface area contributed by atoms with Gasteiger partial charge < -0.3 is 19.9 Å². The monoisotopic (exact) mass is 362 g/mol. The Hall–Kier alpha value is -3.35. The number of para-hydroxylation sites is 1. The van der Waals surface area contributed by atoms with Gasteiger partial charge in [0.1, 0.15) is 11.2 Å². The summed E-state index contributed by atoms with van der Waals surface area (Å²) in [5.41, 5.74) is 1.52. The van der Waals surface area contributed by atoms with Gasteiger partial charge in [-0.3, -0.25) is 4.79 Å². The molecule has 3 aromatic rings. The summed E-state index contributed by atoms with van der Waals surface area (Å²) < 4.78 is 0. The predicted molar refractivity (Wildman–Crippen MR) is 103 cm³/mol. The molecule has 1 fully saturated rings. The molecule has 2 aliphatic rings. The number of hydrogen-bond donors (Lipinski definition) is 2. The van der Waals surface area contributed by atoms with Gasteiger partial charge >= 0.3 is 5.97 Å². The van der Waals surface area contributed by atoms with Crippen LogP contribution in [0.4, 0.5) is 17.2 Å². The first-order valence-electron chi connectivity index (χ1n) is 9.02. The summed E-state index contributed by atoms with van der Waals surface area (Å²) in [6.45, 7) is 1.76. The number of nitrogens with zero attached hydrogens (tertiary/aromatic N) is 3. The van der Waals surface area contributed by atoms with Crippen molar-refractivity contribution in [2.45, 2.75) is 18.9 Å². The highest BCUT2D eigenvalue weighted by Gasteiger charge is 2.36. The first kappa shape index (κ1) is 15.9. The molecule has 0 bridgehead atoms. The Bertz CT molecular complexity index is 1110. The SMILES string of the molecule is O=C(O)c1c[nH]c2nc3c(cc2c1=O)N(c1ccccc1)C[C@@H]1CCCN31. The smallest absolute Gasteiger partial charge is 0.341 e. The number of aromatic nitrogens is 2. The molecule has 1 atom stereocenters. The van der Waals surface area contributed by atoms with Crippen LogP contribution < -0.4 is 15.2 Å². The molecule has 2 aromatic heterocycles. The number of hydrogen-bond acceptors (Lipinski definition) is 5. The first-order valence-corrected chi connectivity index (χ1v) is 9.02. The van der Waals surface area contributed by atoms with E-state index >= 15 is 0 Å². The van der Waals surface area contributed by atoms with E-state index in [1.54, 1.807) is 6.07 Å². The number of carboxylic acid groups (broad SMARTS) is 1. The molecule has 5 rings (SSSR count). The van der Waals surface area contributed by atoms with E-state index in [1.165, 1.54) is 6.20 Å². The Balaban J connectivity index is 1.77. The summed E-state index contributed by atoms with van der Waals surface area (Å²) in [6, 6.07) is 12.2. The quantitative estimate of drug-likeness (QED) is 0.729. The average molecular weight is 362 g/mol. The summed E-state index contributed by atoms with van der Waals surface area (Å²) in [5, 5.41) is 9.56. The van der Waals surface area contributed by atoms with Crippen molar-refractivity contribution in [3.63, 3.8) is 0 Å². The minimum absolute atomic E-state index is 0.273. The predicted octanol–water partition coefficient (Wildman–Crippen LogP) is 2.74. The van der Waals surface area contributed by atoms with Gasteiger partial charge in [-0.1, -0.05) is 18.2 Å². The van der Waals surface area contributed by atoms with Crippen LogP contribution in [0.5, 0.6) is 0 Å². The van der Waals surface area contributed by atoms with Crippen molar-refractivity contribution in [2.24, 2.45) is 0 Å². The normalized spacial score (nSPS) is 18.4. The van der Waals surface area contributed by atoms with E-state index in [0.29, 0.717) is 17.1 Å². The Kier molecular flexibility index (Phi) is 3.43. The zero-order valence-electron chi connectivity index (χ0n) is 14.6. The van der Waals surface area contributed by atoms with E-state index in [1.807, 2.05) is 30.3 Å². The number of pyridine rings is 2. The average Bonchev–Trinajstić information content (AvgIpc) is 3.16. The summed E-state index contributed by atoms with van der Waals surface area (Å²) in [6.07, 6.45) is 3.45. The fourth-order valence-corrected chi connectivity index (χ4v) is 4.16. The topological polar surface area (TPSA) is 89.5 Å². The summed E-state index contributed by atoms with van der Waals surface area (Å²) in [5.74, 6) is -0.394. The lowest BCUT2D eigenvalue weighted by molar-refractivity contribution is 0.0695. The summed E-state index contributed by atoms with van der Waals surface area (Å²) in [4.78, 5) is 36.1. The number of fused-ring (bicyclic) bond motifs is 4. The molecular formula is C20H18N4O3. The van der Waals surface area contributed by atoms with Crippen LogP contribution in [0.15, 0.2) is 47.4 Å². The number of H-pyrrole nitrogens is 1. The van der Waals surface area contributed by atoms with Gasteiger partial charge in [0.25, 0.3) is 0 Å². The largest absolute Gasteiger partial charge is 0.477 e. The molecule has 1 aromatic carbocycles. The van der Waals surface area contributed by atoms with Crippen molar-refractivity contribution in [3.8, 4) is 0 Å². The van der Waals surface area contributed by atoms with Crippen LogP contribution in [-0.4, -0.2) is 40.2 Å². The zero-order valence-corrected chi connectivity index (χ0v) is 14.6. The molecule has 0 unspecified atom stereocenters. The minimum atomic E-state index is -1.24. The van der Waals surface area contributed by atoms with Gasteiger partial charge in [0, 0.05) is 31.0 Å². The molecule has 0 amide bonds. The molecule has 1 saturated heterocycles. The molecule has 7 nitrogen and oxygen atoms in total. The van der Waals surface area contributed by atoms with Gasteiger partial charge in [-0.05, 0) is 31.0 Å². The maximum Gasteiger partial charge on any atom is 0.341 e. The third kappa shape index (κ3) is 2.38. The Morgan fingerprint density at radius 1 is 1.26 bits per heavy atom. The van der Waals surface area contributed by atoms with E-state index in [9.17, 15) is 14.7 Å². The molecule has 136 valence electrons. The second-order valence-corrected chi connectivity index (χ2v) is 7.00. The Morgan fingerprint density at radius 2 is 2.07 bits per heavy atom. The fraction of sp³-hybridized carbons (Fsp3) is 0.250. The van der Waals surface area contributed by atoms with E-state index in [0.717, 1.165) is 43.1 Å². The molecular weight excluding hydrogens is 344 g/mol. The number of benzene rings is 1. The van der Waals surface area contributed by atoms with Crippen LogP contribution in [0.25, 0.3) is 11.0 Å².